The molecule has 0 spiro atoms. The van der Waals surface area contributed by atoms with Crippen molar-refractivity contribution in [2.24, 2.45) is 5.92 Å². The molecule has 0 aromatic heterocycles. The molecule has 3 heteroatoms. The van der Waals surface area contributed by atoms with Crippen molar-refractivity contribution in [3.8, 4) is 0 Å². The lowest BCUT2D eigenvalue weighted by molar-refractivity contribution is 0.246. The molecule has 0 aliphatic rings. The fraction of sp³-hybridized carbons (Fsp3) is 0.600. The maximum atomic E-state index is 3.58. The van der Waals surface area contributed by atoms with Crippen LogP contribution in [0.15, 0.2) is 28.7 Å². The zero-order chi connectivity index (χ0) is 13.5. The summed E-state index contributed by atoms with van der Waals surface area (Å²) in [6, 6.07) is 8.99. The van der Waals surface area contributed by atoms with Crippen LogP contribution in [0.1, 0.15) is 25.8 Å². The zero-order valence-electron chi connectivity index (χ0n) is 11.9. The minimum atomic E-state index is 0.604. The van der Waals surface area contributed by atoms with Crippen LogP contribution >= 0.6 is 15.9 Å². The monoisotopic (exact) mass is 312 g/mol. The van der Waals surface area contributed by atoms with Crippen LogP contribution in [0.2, 0.25) is 0 Å². The van der Waals surface area contributed by atoms with E-state index < -0.39 is 0 Å². The van der Waals surface area contributed by atoms with Crippen molar-refractivity contribution in [3.05, 3.63) is 34.3 Å². The van der Waals surface area contributed by atoms with Gasteiger partial charge in [-0.1, -0.05) is 48.0 Å². The quantitative estimate of drug-likeness (QED) is 0.828. The van der Waals surface area contributed by atoms with Crippen LogP contribution in [0, 0.1) is 5.92 Å². The fourth-order valence-electron chi connectivity index (χ4n) is 2.04. The summed E-state index contributed by atoms with van der Waals surface area (Å²) in [5.74, 6) is 0.739. The van der Waals surface area contributed by atoms with Crippen molar-refractivity contribution in [3.63, 3.8) is 0 Å². The molecule has 0 saturated carbocycles. The molecule has 1 N–H and O–H groups in total. The molecule has 0 radical (unpaired) electrons. The third-order valence-electron chi connectivity index (χ3n) is 3.13. The summed E-state index contributed by atoms with van der Waals surface area (Å²) >= 11 is 3.58. The Labute approximate surface area is 120 Å². The summed E-state index contributed by atoms with van der Waals surface area (Å²) in [6.07, 6.45) is 1.23. The van der Waals surface area contributed by atoms with Crippen molar-refractivity contribution in [2.45, 2.75) is 32.9 Å². The van der Waals surface area contributed by atoms with Gasteiger partial charge in [0.2, 0.25) is 0 Å². The van der Waals surface area contributed by atoms with E-state index in [1.54, 1.807) is 0 Å². The van der Waals surface area contributed by atoms with Crippen molar-refractivity contribution in [2.75, 3.05) is 20.6 Å². The standard InChI is InChI=1S/C15H25BrN2/c1-12(2)9-14(18(3)4)11-17-10-13-7-5-6-8-15(13)16/h5-8,12,14,17H,9-11H2,1-4H3. The van der Waals surface area contributed by atoms with Crippen molar-refractivity contribution < 1.29 is 0 Å². The number of hydrogen-bond donors (Lipinski definition) is 1. The molecule has 0 saturated heterocycles. The number of nitrogens with one attached hydrogen (secondary N) is 1. The van der Waals surface area contributed by atoms with Crippen LogP contribution in [-0.2, 0) is 6.54 Å². The summed E-state index contributed by atoms with van der Waals surface area (Å²) in [4.78, 5) is 2.31. The number of benzene rings is 1. The maximum absolute atomic E-state index is 3.58. The summed E-state index contributed by atoms with van der Waals surface area (Å²) in [6.45, 7) is 6.52. The summed E-state index contributed by atoms with van der Waals surface area (Å²) in [7, 11) is 4.32. The van der Waals surface area contributed by atoms with Crippen molar-refractivity contribution in [1.82, 2.24) is 10.2 Å². The second kappa shape index (κ2) is 7.93. The lowest BCUT2D eigenvalue weighted by Crippen LogP contribution is -2.38. The molecule has 1 aromatic carbocycles. The zero-order valence-corrected chi connectivity index (χ0v) is 13.5. The first-order valence-corrected chi connectivity index (χ1v) is 7.40. The highest BCUT2D eigenvalue weighted by atomic mass is 79.9. The van der Waals surface area contributed by atoms with Gasteiger partial charge < -0.3 is 10.2 Å². The highest BCUT2D eigenvalue weighted by molar-refractivity contribution is 9.10. The number of halogens is 1. The molecule has 0 bridgehead atoms. The van der Waals surface area contributed by atoms with Crippen LogP contribution in [0.5, 0.6) is 0 Å². The van der Waals surface area contributed by atoms with Gasteiger partial charge in [-0.05, 0) is 38.1 Å². The van der Waals surface area contributed by atoms with Gasteiger partial charge in [0.1, 0.15) is 0 Å². The smallest absolute Gasteiger partial charge is 0.0220 e. The molecule has 1 aromatic rings. The van der Waals surface area contributed by atoms with E-state index in [0.717, 1.165) is 19.0 Å². The van der Waals surface area contributed by atoms with Crippen LogP contribution in [0.3, 0.4) is 0 Å². The maximum Gasteiger partial charge on any atom is 0.0220 e. The average Bonchev–Trinajstić information content (AvgIpc) is 2.29. The largest absolute Gasteiger partial charge is 0.311 e. The molecule has 102 valence electrons. The van der Waals surface area contributed by atoms with E-state index in [1.807, 2.05) is 0 Å². The Kier molecular flexibility index (Phi) is 6.90. The Bertz CT molecular complexity index is 350. The third kappa shape index (κ3) is 5.51. The summed E-state index contributed by atoms with van der Waals surface area (Å²) in [5.41, 5.74) is 1.32. The van der Waals surface area contributed by atoms with Crippen LogP contribution in [-0.4, -0.2) is 31.6 Å². The van der Waals surface area contributed by atoms with Gasteiger partial charge in [-0.3, -0.25) is 0 Å². The van der Waals surface area contributed by atoms with Crippen molar-refractivity contribution in [1.29, 1.82) is 0 Å². The van der Waals surface area contributed by atoms with E-state index in [0.29, 0.717) is 6.04 Å². The van der Waals surface area contributed by atoms with Gasteiger partial charge in [0.15, 0.2) is 0 Å². The van der Waals surface area contributed by atoms with E-state index in [2.05, 4.69) is 78.4 Å². The molecule has 1 rings (SSSR count). The molecule has 1 unspecified atom stereocenters. The molecule has 0 aliphatic carbocycles. The Morgan fingerprint density at radius 1 is 1.22 bits per heavy atom. The van der Waals surface area contributed by atoms with Gasteiger partial charge in [-0.25, -0.2) is 0 Å². The van der Waals surface area contributed by atoms with Gasteiger partial charge in [-0.2, -0.15) is 0 Å². The minimum Gasteiger partial charge on any atom is -0.311 e. The molecule has 1 atom stereocenters. The average molecular weight is 313 g/mol. The van der Waals surface area contributed by atoms with E-state index in [-0.39, 0.29) is 0 Å². The fourth-order valence-corrected chi connectivity index (χ4v) is 2.46. The van der Waals surface area contributed by atoms with Crippen LogP contribution in [0.25, 0.3) is 0 Å². The van der Waals surface area contributed by atoms with E-state index in [1.165, 1.54) is 16.5 Å². The SMILES string of the molecule is CC(C)CC(CNCc1ccccc1Br)N(C)C. The first-order valence-electron chi connectivity index (χ1n) is 6.61. The van der Waals surface area contributed by atoms with E-state index >= 15 is 0 Å². The Morgan fingerprint density at radius 2 is 1.89 bits per heavy atom. The minimum absolute atomic E-state index is 0.604. The second-order valence-electron chi connectivity index (χ2n) is 5.47. The lowest BCUT2D eigenvalue weighted by atomic mass is 10.0. The summed E-state index contributed by atoms with van der Waals surface area (Å²) < 4.78 is 1.18. The highest BCUT2D eigenvalue weighted by Gasteiger charge is 2.12. The molecule has 18 heavy (non-hydrogen) atoms. The van der Waals surface area contributed by atoms with Crippen LogP contribution < -0.4 is 5.32 Å². The first-order chi connectivity index (χ1) is 8.50. The van der Waals surface area contributed by atoms with Gasteiger partial charge in [0, 0.05) is 23.6 Å². The molecule has 2 nitrogen and oxygen atoms in total. The number of likely N-dealkylation sites (N-methyl/N-ethyl adjacent to an activating group) is 1. The third-order valence-corrected chi connectivity index (χ3v) is 3.90. The van der Waals surface area contributed by atoms with Crippen LogP contribution in [0.4, 0.5) is 0 Å². The Balaban J connectivity index is 2.41. The number of rotatable bonds is 7. The first kappa shape index (κ1) is 15.7. The van der Waals surface area contributed by atoms with E-state index in [9.17, 15) is 0 Å². The highest BCUT2D eigenvalue weighted by Crippen LogP contribution is 2.15. The predicted octanol–water partition coefficient (Wildman–Crippen LogP) is 3.52. The molecule has 0 heterocycles. The molecule has 0 fully saturated rings. The Hall–Kier alpha value is -0.380. The van der Waals surface area contributed by atoms with E-state index in [4.69, 9.17) is 0 Å². The Morgan fingerprint density at radius 3 is 2.44 bits per heavy atom. The van der Waals surface area contributed by atoms with Gasteiger partial charge >= 0.3 is 0 Å². The number of nitrogens with zero attached hydrogens (tertiary/aromatic N) is 1. The lowest BCUT2D eigenvalue weighted by Gasteiger charge is -2.26. The molecular weight excluding hydrogens is 288 g/mol. The normalized spacial score (nSPS) is 13.3. The molecular formula is C15H25BrN2. The van der Waals surface area contributed by atoms with Crippen molar-refractivity contribution >= 4 is 15.9 Å². The van der Waals surface area contributed by atoms with Gasteiger partial charge in [0.05, 0.1) is 0 Å². The summed E-state index contributed by atoms with van der Waals surface area (Å²) in [5, 5.41) is 3.56. The van der Waals surface area contributed by atoms with Gasteiger partial charge in [-0.15, -0.1) is 0 Å². The molecule has 0 aliphatic heterocycles. The second-order valence-corrected chi connectivity index (χ2v) is 6.32. The predicted molar refractivity (Wildman–Crippen MR) is 82.8 cm³/mol. The van der Waals surface area contributed by atoms with Gasteiger partial charge in [0.25, 0.3) is 0 Å². The topological polar surface area (TPSA) is 15.3 Å². The number of hydrogen-bond acceptors (Lipinski definition) is 2. The molecule has 0 amide bonds.